The highest BCUT2D eigenvalue weighted by Gasteiger charge is 2.25. The third-order valence-electron chi connectivity index (χ3n) is 2.02. The largest absolute Gasteiger partial charge is 0.299 e. The van der Waals surface area contributed by atoms with Gasteiger partial charge in [0.2, 0.25) is 0 Å². The lowest BCUT2D eigenvalue weighted by molar-refractivity contribution is -0.117. The van der Waals surface area contributed by atoms with E-state index in [2.05, 4.69) is 0 Å². The summed E-state index contributed by atoms with van der Waals surface area (Å²) in [7, 11) is 0. The molecule has 1 rings (SSSR count). The molecule has 0 aliphatic carbocycles. The molecule has 4 heteroatoms. The van der Waals surface area contributed by atoms with Gasteiger partial charge in [0, 0.05) is 4.90 Å². The number of halogens is 2. The number of alkyl halides is 1. The molecule has 1 unspecified atom stereocenters. The van der Waals surface area contributed by atoms with Gasteiger partial charge in [-0.25, -0.2) is 4.39 Å². The van der Waals surface area contributed by atoms with E-state index in [0.29, 0.717) is 10.6 Å². The van der Waals surface area contributed by atoms with Gasteiger partial charge in [-0.05, 0) is 30.4 Å². The monoisotopic (exact) mass is 246 g/mol. The molecule has 0 fully saturated rings. The molecule has 0 bridgehead atoms. The Labute approximate surface area is 98.0 Å². The first-order valence-corrected chi connectivity index (χ1v) is 5.95. The summed E-state index contributed by atoms with van der Waals surface area (Å²) in [6.07, 6.45) is 0.283. The number of carbonyl (C=O) groups excluding carboxylic acids is 1. The van der Waals surface area contributed by atoms with Crippen molar-refractivity contribution in [2.45, 2.75) is 24.4 Å². The van der Waals surface area contributed by atoms with Gasteiger partial charge in [0.05, 0.1) is 5.02 Å². The first-order chi connectivity index (χ1) is 7.01. The van der Waals surface area contributed by atoms with Crippen molar-refractivity contribution >= 4 is 29.6 Å². The fourth-order valence-electron chi connectivity index (χ4n) is 1.15. The summed E-state index contributed by atoms with van der Waals surface area (Å²) in [5, 5.41) is 0.491. The lowest BCUT2D eigenvalue weighted by Gasteiger charge is -2.14. The lowest BCUT2D eigenvalue weighted by Crippen LogP contribution is -2.16. The molecule has 1 aromatic carbocycles. The minimum absolute atomic E-state index is 0.283. The second-order valence-electron chi connectivity index (χ2n) is 3.27. The van der Waals surface area contributed by atoms with E-state index in [1.165, 1.54) is 13.0 Å². The third kappa shape index (κ3) is 2.95. The molecule has 1 atom stereocenters. The van der Waals surface area contributed by atoms with Gasteiger partial charge in [0.1, 0.15) is 0 Å². The summed E-state index contributed by atoms with van der Waals surface area (Å²) in [6.45, 7) is 3.23. The summed E-state index contributed by atoms with van der Waals surface area (Å²) in [5.74, 6) is 0.902. The van der Waals surface area contributed by atoms with Gasteiger partial charge in [0.25, 0.3) is 0 Å². The molecular formula is C11H12ClFOS. The molecule has 0 saturated carbocycles. The molecule has 0 amide bonds. The van der Waals surface area contributed by atoms with E-state index in [4.69, 9.17) is 11.6 Å². The number of aldehydes is 1. The van der Waals surface area contributed by atoms with Gasteiger partial charge < -0.3 is 0 Å². The van der Waals surface area contributed by atoms with Crippen LogP contribution in [0.15, 0.2) is 23.1 Å². The Morgan fingerprint density at radius 1 is 1.60 bits per heavy atom. The maximum Gasteiger partial charge on any atom is 0.188 e. The molecule has 15 heavy (non-hydrogen) atoms. The smallest absolute Gasteiger partial charge is 0.188 e. The summed E-state index contributed by atoms with van der Waals surface area (Å²) in [6, 6.07) is 4.85. The molecule has 0 aromatic heterocycles. The molecular weight excluding hydrogens is 235 g/mol. The topological polar surface area (TPSA) is 17.1 Å². The van der Waals surface area contributed by atoms with Crippen LogP contribution < -0.4 is 0 Å². The predicted molar refractivity (Wildman–Crippen MR) is 62.4 cm³/mol. The molecule has 0 N–H and O–H groups in total. The zero-order valence-electron chi connectivity index (χ0n) is 8.59. The number of hydrogen-bond acceptors (Lipinski definition) is 2. The van der Waals surface area contributed by atoms with Crippen molar-refractivity contribution in [3.8, 4) is 0 Å². The Balaban J connectivity index is 3.06. The number of benzene rings is 1. The van der Waals surface area contributed by atoms with Crippen molar-refractivity contribution in [2.24, 2.45) is 0 Å². The zero-order chi connectivity index (χ0) is 11.5. The standard InChI is InChI=1S/C11H12ClFOS/c1-3-15-10-5-4-8(6-9(10)12)11(2,13)7-14/h4-7H,3H2,1-2H3. The Hall–Kier alpha value is -0.540. The van der Waals surface area contributed by atoms with Gasteiger partial charge in [-0.1, -0.05) is 24.6 Å². The van der Waals surface area contributed by atoms with Crippen LogP contribution in [0.5, 0.6) is 0 Å². The van der Waals surface area contributed by atoms with Gasteiger partial charge in [0.15, 0.2) is 12.0 Å². The van der Waals surface area contributed by atoms with Crippen molar-refractivity contribution < 1.29 is 9.18 Å². The van der Waals surface area contributed by atoms with Crippen LogP contribution in [0.1, 0.15) is 19.4 Å². The van der Waals surface area contributed by atoms with E-state index in [1.807, 2.05) is 6.92 Å². The Bertz CT molecular complexity index is 366. The highest BCUT2D eigenvalue weighted by atomic mass is 35.5. The summed E-state index contributed by atoms with van der Waals surface area (Å²) in [5.41, 5.74) is -1.66. The van der Waals surface area contributed by atoms with E-state index in [0.717, 1.165) is 10.6 Å². The van der Waals surface area contributed by atoms with Crippen LogP contribution in [0.2, 0.25) is 5.02 Å². The highest BCUT2D eigenvalue weighted by molar-refractivity contribution is 7.99. The second kappa shape index (κ2) is 4.99. The molecule has 82 valence electrons. The minimum atomic E-state index is -1.96. The van der Waals surface area contributed by atoms with Gasteiger partial charge in [-0.15, -0.1) is 11.8 Å². The normalized spacial score (nSPS) is 14.7. The summed E-state index contributed by atoms with van der Waals surface area (Å²) < 4.78 is 13.6. The average molecular weight is 247 g/mol. The van der Waals surface area contributed by atoms with Crippen molar-refractivity contribution in [2.75, 3.05) is 5.75 Å². The summed E-state index contributed by atoms with van der Waals surface area (Å²) >= 11 is 7.55. The van der Waals surface area contributed by atoms with E-state index in [9.17, 15) is 9.18 Å². The molecule has 1 aromatic rings. The predicted octanol–water partition coefficient (Wildman–Crippen LogP) is 3.84. The molecule has 1 nitrogen and oxygen atoms in total. The van der Waals surface area contributed by atoms with Gasteiger partial charge in [-0.3, -0.25) is 4.79 Å². The third-order valence-corrected chi connectivity index (χ3v) is 3.40. The number of hydrogen-bond donors (Lipinski definition) is 0. The zero-order valence-corrected chi connectivity index (χ0v) is 10.2. The first kappa shape index (κ1) is 12.5. The van der Waals surface area contributed by atoms with Crippen LogP contribution in [0, 0.1) is 0 Å². The minimum Gasteiger partial charge on any atom is -0.299 e. The fourth-order valence-corrected chi connectivity index (χ4v) is 2.16. The van der Waals surface area contributed by atoms with Crippen molar-refractivity contribution in [3.05, 3.63) is 28.8 Å². The maximum atomic E-state index is 13.6. The molecule has 0 radical (unpaired) electrons. The SMILES string of the molecule is CCSc1ccc(C(C)(F)C=O)cc1Cl. The molecule has 0 aliphatic rings. The Morgan fingerprint density at radius 2 is 2.27 bits per heavy atom. The highest BCUT2D eigenvalue weighted by Crippen LogP contribution is 2.32. The maximum absolute atomic E-state index is 13.6. The number of rotatable bonds is 4. The molecule has 0 heterocycles. The van der Waals surface area contributed by atoms with E-state index >= 15 is 0 Å². The first-order valence-electron chi connectivity index (χ1n) is 4.59. The van der Waals surface area contributed by atoms with Crippen LogP contribution in [0.3, 0.4) is 0 Å². The second-order valence-corrected chi connectivity index (χ2v) is 4.98. The molecule has 0 spiro atoms. The van der Waals surface area contributed by atoms with E-state index < -0.39 is 5.67 Å². The molecule has 0 aliphatic heterocycles. The quantitative estimate of drug-likeness (QED) is 0.593. The van der Waals surface area contributed by atoms with Gasteiger partial charge in [-0.2, -0.15) is 0 Å². The van der Waals surface area contributed by atoms with Crippen LogP contribution in [0.25, 0.3) is 0 Å². The average Bonchev–Trinajstić information content (AvgIpc) is 2.21. The number of carbonyl (C=O) groups is 1. The van der Waals surface area contributed by atoms with Crippen LogP contribution in [-0.4, -0.2) is 12.0 Å². The lowest BCUT2D eigenvalue weighted by atomic mass is 10.00. The molecule has 0 saturated heterocycles. The van der Waals surface area contributed by atoms with Gasteiger partial charge >= 0.3 is 0 Å². The van der Waals surface area contributed by atoms with Crippen molar-refractivity contribution in [1.29, 1.82) is 0 Å². The summed E-state index contributed by atoms with van der Waals surface area (Å²) in [4.78, 5) is 11.4. The Morgan fingerprint density at radius 3 is 2.73 bits per heavy atom. The van der Waals surface area contributed by atoms with Crippen molar-refractivity contribution in [1.82, 2.24) is 0 Å². The van der Waals surface area contributed by atoms with Crippen LogP contribution in [0.4, 0.5) is 4.39 Å². The fraction of sp³-hybridized carbons (Fsp3) is 0.364. The Kier molecular flexibility index (Phi) is 4.17. The van der Waals surface area contributed by atoms with E-state index in [-0.39, 0.29) is 6.29 Å². The van der Waals surface area contributed by atoms with E-state index in [1.54, 1.807) is 23.9 Å². The van der Waals surface area contributed by atoms with Crippen LogP contribution >= 0.6 is 23.4 Å². The number of thioether (sulfide) groups is 1. The van der Waals surface area contributed by atoms with Crippen molar-refractivity contribution in [3.63, 3.8) is 0 Å². The van der Waals surface area contributed by atoms with Crippen LogP contribution in [-0.2, 0) is 10.5 Å².